The third-order valence-corrected chi connectivity index (χ3v) is 2.45. The number of rotatable bonds is 1. The van der Waals surface area contributed by atoms with Crippen LogP contribution in [0.25, 0.3) is 0 Å². The summed E-state index contributed by atoms with van der Waals surface area (Å²) in [5.74, 6) is 5.92. The minimum atomic E-state index is 0.0107. The Morgan fingerprint density at radius 1 is 1.55 bits per heavy atom. The fourth-order valence-corrected chi connectivity index (χ4v) is 1.79. The fourth-order valence-electron chi connectivity index (χ4n) is 1.79. The second-order valence-electron chi connectivity index (χ2n) is 3.48. The summed E-state index contributed by atoms with van der Waals surface area (Å²) in [7, 11) is 0. The lowest BCUT2D eigenvalue weighted by molar-refractivity contribution is -0.126. The summed E-state index contributed by atoms with van der Waals surface area (Å²) in [6.45, 7) is 2.19. The van der Waals surface area contributed by atoms with Crippen LogP contribution in [0.3, 0.4) is 0 Å². The molecule has 1 saturated carbocycles. The second-order valence-corrected chi connectivity index (χ2v) is 3.48. The highest BCUT2D eigenvalue weighted by atomic mass is 16.2. The maximum Gasteiger partial charge on any atom is 0.236 e. The van der Waals surface area contributed by atoms with Crippen molar-refractivity contribution in [1.82, 2.24) is 5.43 Å². The molecule has 0 aliphatic heterocycles. The summed E-state index contributed by atoms with van der Waals surface area (Å²) in [5.41, 5.74) is 2.22. The molecule has 0 unspecified atom stereocenters. The number of amides is 1. The predicted molar refractivity (Wildman–Crippen MR) is 43.5 cm³/mol. The molecule has 3 N–H and O–H groups in total. The Morgan fingerprint density at radius 3 is 2.82 bits per heavy atom. The zero-order chi connectivity index (χ0) is 8.27. The van der Waals surface area contributed by atoms with Gasteiger partial charge >= 0.3 is 0 Å². The van der Waals surface area contributed by atoms with Gasteiger partial charge in [-0.15, -0.1) is 0 Å². The van der Waals surface area contributed by atoms with Gasteiger partial charge in [-0.3, -0.25) is 10.2 Å². The molecule has 3 nitrogen and oxygen atoms in total. The van der Waals surface area contributed by atoms with E-state index in [2.05, 4.69) is 12.3 Å². The minimum Gasteiger partial charge on any atom is -0.294 e. The zero-order valence-corrected chi connectivity index (χ0v) is 6.97. The van der Waals surface area contributed by atoms with Gasteiger partial charge < -0.3 is 0 Å². The number of hydrazine groups is 1. The zero-order valence-electron chi connectivity index (χ0n) is 6.97. The highest BCUT2D eigenvalue weighted by molar-refractivity contribution is 5.77. The van der Waals surface area contributed by atoms with Gasteiger partial charge in [-0.25, -0.2) is 5.84 Å². The van der Waals surface area contributed by atoms with Crippen LogP contribution in [0.1, 0.15) is 32.6 Å². The molecule has 0 aromatic rings. The molecule has 0 saturated heterocycles. The summed E-state index contributed by atoms with van der Waals surface area (Å²) in [4.78, 5) is 11.1. The van der Waals surface area contributed by atoms with E-state index in [0.717, 1.165) is 12.8 Å². The van der Waals surface area contributed by atoms with Crippen molar-refractivity contribution in [1.29, 1.82) is 0 Å². The van der Waals surface area contributed by atoms with E-state index in [0.29, 0.717) is 5.92 Å². The van der Waals surface area contributed by atoms with E-state index in [9.17, 15) is 4.79 Å². The van der Waals surface area contributed by atoms with Crippen molar-refractivity contribution >= 4 is 5.91 Å². The Labute approximate surface area is 67.3 Å². The fraction of sp³-hybridized carbons (Fsp3) is 0.875. The molecule has 1 aliphatic carbocycles. The van der Waals surface area contributed by atoms with Gasteiger partial charge in [-0.1, -0.05) is 19.8 Å². The van der Waals surface area contributed by atoms with Crippen LogP contribution in [0.15, 0.2) is 0 Å². The summed E-state index contributed by atoms with van der Waals surface area (Å²) >= 11 is 0. The van der Waals surface area contributed by atoms with E-state index in [1.54, 1.807) is 0 Å². The maximum atomic E-state index is 11.1. The average Bonchev–Trinajstić information content (AvgIpc) is 2.03. The van der Waals surface area contributed by atoms with Crippen molar-refractivity contribution in [2.75, 3.05) is 0 Å². The molecular formula is C8H16N2O. The van der Waals surface area contributed by atoms with Gasteiger partial charge in [-0.2, -0.15) is 0 Å². The Kier molecular flexibility index (Phi) is 2.88. The van der Waals surface area contributed by atoms with Gasteiger partial charge in [0.15, 0.2) is 0 Å². The molecule has 0 bridgehead atoms. The first kappa shape index (κ1) is 8.53. The molecule has 0 heterocycles. The number of hydrogen-bond acceptors (Lipinski definition) is 2. The van der Waals surface area contributed by atoms with Crippen LogP contribution in [0, 0.1) is 11.8 Å². The molecule has 3 heteroatoms. The van der Waals surface area contributed by atoms with Crippen molar-refractivity contribution < 1.29 is 4.79 Å². The van der Waals surface area contributed by atoms with Crippen molar-refractivity contribution in [3.63, 3.8) is 0 Å². The topological polar surface area (TPSA) is 55.1 Å². The lowest BCUT2D eigenvalue weighted by Crippen LogP contribution is -2.37. The Morgan fingerprint density at radius 2 is 2.27 bits per heavy atom. The van der Waals surface area contributed by atoms with Gasteiger partial charge in [0, 0.05) is 5.92 Å². The molecule has 0 radical (unpaired) electrons. The number of carbonyl (C=O) groups excluding carboxylic acids is 1. The van der Waals surface area contributed by atoms with Gasteiger partial charge in [0.1, 0.15) is 0 Å². The van der Waals surface area contributed by atoms with Crippen molar-refractivity contribution in [2.45, 2.75) is 32.6 Å². The van der Waals surface area contributed by atoms with Crippen LogP contribution < -0.4 is 11.3 Å². The lowest BCUT2D eigenvalue weighted by Gasteiger charge is -2.24. The molecule has 0 aromatic heterocycles. The van der Waals surface area contributed by atoms with Crippen LogP contribution in [-0.4, -0.2) is 5.91 Å². The number of nitrogens with two attached hydrogens (primary N) is 1. The molecular weight excluding hydrogens is 140 g/mol. The molecule has 2 atom stereocenters. The Balaban J connectivity index is 2.39. The van der Waals surface area contributed by atoms with E-state index in [1.807, 2.05) is 0 Å². The third kappa shape index (κ3) is 2.19. The first-order valence-electron chi connectivity index (χ1n) is 4.24. The molecule has 0 spiro atoms. The average molecular weight is 156 g/mol. The minimum absolute atomic E-state index is 0.0107. The van der Waals surface area contributed by atoms with Gasteiger partial charge in [-0.05, 0) is 18.8 Å². The Bertz CT molecular complexity index is 147. The maximum absolute atomic E-state index is 11.1. The number of carbonyl (C=O) groups is 1. The van der Waals surface area contributed by atoms with Crippen LogP contribution in [0.2, 0.25) is 0 Å². The van der Waals surface area contributed by atoms with E-state index < -0.39 is 0 Å². The normalized spacial score (nSPS) is 31.5. The summed E-state index contributed by atoms with van der Waals surface area (Å²) in [6, 6.07) is 0. The molecule has 1 rings (SSSR count). The van der Waals surface area contributed by atoms with Gasteiger partial charge in [0.2, 0.25) is 5.91 Å². The highest BCUT2D eigenvalue weighted by Crippen LogP contribution is 2.28. The molecule has 1 aliphatic rings. The molecule has 64 valence electrons. The van der Waals surface area contributed by atoms with Crippen molar-refractivity contribution in [3.8, 4) is 0 Å². The smallest absolute Gasteiger partial charge is 0.236 e. The SMILES string of the molecule is C[C@@H]1CCC[C@@H](C(=O)NN)C1. The summed E-state index contributed by atoms with van der Waals surface area (Å²) in [5, 5.41) is 0. The largest absolute Gasteiger partial charge is 0.294 e. The first-order chi connectivity index (χ1) is 5.24. The summed E-state index contributed by atoms with van der Waals surface area (Å²) < 4.78 is 0. The third-order valence-electron chi connectivity index (χ3n) is 2.45. The van der Waals surface area contributed by atoms with E-state index in [-0.39, 0.29) is 11.8 Å². The van der Waals surface area contributed by atoms with Gasteiger partial charge in [0.05, 0.1) is 0 Å². The Hall–Kier alpha value is -0.570. The second kappa shape index (κ2) is 3.72. The molecule has 1 fully saturated rings. The molecule has 11 heavy (non-hydrogen) atoms. The van der Waals surface area contributed by atoms with Crippen LogP contribution in [0.5, 0.6) is 0 Å². The lowest BCUT2D eigenvalue weighted by atomic mass is 9.82. The van der Waals surface area contributed by atoms with Crippen molar-refractivity contribution in [2.24, 2.45) is 17.7 Å². The molecule has 0 aromatic carbocycles. The van der Waals surface area contributed by atoms with E-state index in [4.69, 9.17) is 5.84 Å². The standard InChI is InChI=1S/C8H16N2O/c1-6-3-2-4-7(5-6)8(11)10-9/h6-7H,2-5,9H2,1H3,(H,10,11)/t6-,7-/m1/s1. The number of hydrogen-bond donors (Lipinski definition) is 2. The van der Waals surface area contributed by atoms with Crippen LogP contribution in [-0.2, 0) is 4.79 Å². The van der Waals surface area contributed by atoms with Crippen molar-refractivity contribution in [3.05, 3.63) is 0 Å². The quantitative estimate of drug-likeness (QED) is 0.335. The van der Waals surface area contributed by atoms with Crippen LogP contribution >= 0.6 is 0 Å². The van der Waals surface area contributed by atoms with Gasteiger partial charge in [0.25, 0.3) is 0 Å². The predicted octanol–water partition coefficient (Wildman–Crippen LogP) is 0.803. The molecule has 1 amide bonds. The highest BCUT2D eigenvalue weighted by Gasteiger charge is 2.23. The first-order valence-corrected chi connectivity index (χ1v) is 4.24. The van der Waals surface area contributed by atoms with E-state index >= 15 is 0 Å². The number of nitrogens with one attached hydrogen (secondary N) is 1. The summed E-state index contributed by atoms with van der Waals surface area (Å²) in [6.07, 6.45) is 4.43. The van der Waals surface area contributed by atoms with E-state index in [1.165, 1.54) is 12.8 Å². The van der Waals surface area contributed by atoms with Crippen LogP contribution in [0.4, 0.5) is 0 Å². The monoisotopic (exact) mass is 156 g/mol.